The van der Waals surface area contributed by atoms with Crippen LogP contribution in [0.25, 0.3) is 0 Å². The van der Waals surface area contributed by atoms with E-state index in [-0.39, 0.29) is 67.4 Å². The molecule has 1 atom stereocenters. The minimum Gasteiger partial charge on any atom is -0.493 e. The fourth-order valence-electron chi connectivity index (χ4n) is 3.41. The molecule has 10 nitrogen and oxygen atoms in total. The van der Waals surface area contributed by atoms with Gasteiger partial charge in [-0.2, -0.15) is 0 Å². The molecule has 2 amide bonds. The van der Waals surface area contributed by atoms with Crippen LogP contribution in [0.4, 0.5) is 10.5 Å². The number of ether oxygens (including phenoxy) is 3. The van der Waals surface area contributed by atoms with Crippen LogP contribution in [0.2, 0.25) is 0 Å². The molecule has 176 valence electrons. The maximum absolute atomic E-state index is 13.3. The van der Waals surface area contributed by atoms with Gasteiger partial charge in [0.05, 0.1) is 37.6 Å². The van der Waals surface area contributed by atoms with Crippen LogP contribution >= 0.6 is 0 Å². The van der Waals surface area contributed by atoms with E-state index >= 15 is 0 Å². The van der Waals surface area contributed by atoms with E-state index < -0.39 is 12.1 Å². The third-order valence-corrected chi connectivity index (χ3v) is 4.99. The Morgan fingerprint density at radius 1 is 1.28 bits per heavy atom. The predicted octanol–water partition coefficient (Wildman–Crippen LogP) is 2.66. The van der Waals surface area contributed by atoms with Gasteiger partial charge in [0.1, 0.15) is 6.61 Å². The average Bonchev–Trinajstić information content (AvgIpc) is 2.79. The van der Waals surface area contributed by atoms with E-state index in [0.717, 1.165) is 12.8 Å². The van der Waals surface area contributed by atoms with Crippen molar-refractivity contribution in [2.24, 2.45) is 0 Å². The number of methoxy groups -OCH3 is 1. The van der Waals surface area contributed by atoms with E-state index in [0.29, 0.717) is 13.0 Å². The first-order chi connectivity index (χ1) is 15.4. The highest BCUT2D eigenvalue weighted by Gasteiger charge is 2.30. The number of carboxylic acids is 1. The van der Waals surface area contributed by atoms with Crippen molar-refractivity contribution < 1.29 is 38.8 Å². The summed E-state index contributed by atoms with van der Waals surface area (Å²) in [5.41, 5.74) is 0.316. The Labute approximate surface area is 186 Å². The Kier molecular flexibility index (Phi) is 9.80. The number of nitrogens with one attached hydrogen (secondary N) is 1. The van der Waals surface area contributed by atoms with Gasteiger partial charge in [0.25, 0.3) is 5.91 Å². The molecular weight excluding hydrogens is 420 g/mol. The molecule has 1 aromatic rings. The molecule has 0 aromatic heterocycles. The standard InChI is InChI=1S/C22H30N2O8/c1-3-10-32-22(29)23-17-13-19(31-11-6-8-20(26)27)18(30-2)12-16(17)21(28)24-9-5-4-7-15(24)14-25/h3,12-13,15,25H,1,4-11,14H2,2H3,(H,23,29)(H,26,27). The second-order valence-electron chi connectivity index (χ2n) is 7.24. The summed E-state index contributed by atoms with van der Waals surface area (Å²) in [6, 6.07) is 2.59. The quantitative estimate of drug-likeness (QED) is 0.346. The van der Waals surface area contributed by atoms with Crippen molar-refractivity contribution in [3.63, 3.8) is 0 Å². The Morgan fingerprint density at radius 3 is 2.72 bits per heavy atom. The number of piperidine rings is 1. The monoisotopic (exact) mass is 450 g/mol. The molecule has 1 fully saturated rings. The van der Waals surface area contributed by atoms with Crippen LogP contribution in [-0.4, -0.2) is 72.6 Å². The van der Waals surface area contributed by atoms with E-state index in [1.807, 2.05) is 0 Å². The van der Waals surface area contributed by atoms with Crippen molar-refractivity contribution in [1.82, 2.24) is 4.90 Å². The summed E-state index contributed by atoms with van der Waals surface area (Å²) >= 11 is 0. The molecule has 1 aliphatic heterocycles. The predicted molar refractivity (Wildman–Crippen MR) is 116 cm³/mol. The van der Waals surface area contributed by atoms with E-state index in [4.69, 9.17) is 19.3 Å². The van der Waals surface area contributed by atoms with Crippen molar-refractivity contribution in [2.75, 3.05) is 38.8 Å². The van der Waals surface area contributed by atoms with Gasteiger partial charge in [-0.1, -0.05) is 12.7 Å². The third-order valence-electron chi connectivity index (χ3n) is 4.99. The van der Waals surface area contributed by atoms with E-state index in [2.05, 4.69) is 11.9 Å². The summed E-state index contributed by atoms with van der Waals surface area (Å²) in [5.74, 6) is -0.802. The maximum Gasteiger partial charge on any atom is 0.411 e. The van der Waals surface area contributed by atoms with Crippen molar-refractivity contribution >= 4 is 23.7 Å². The van der Waals surface area contributed by atoms with Gasteiger partial charge >= 0.3 is 12.1 Å². The molecule has 1 aliphatic rings. The minimum atomic E-state index is -0.936. The van der Waals surface area contributed by atoms with E-state index in [1.54, 1.807) is 4.90 Å². The molecule has 1 heterocycles. The molecule has 0 radical (unpaired) electrons. The molecule has 0 saturated carbocycles. The number of anilines is 1. The van der Waals surface area contributed by atoms with Crippen molar-refractivity contribution in [3.8, 4) is 11.5 Å². The van der Waals surface area contributed by atoms with Gasteiger partial charge in [-0.25, -0.2) is 4.79 Å². The van der Waals surface area contributed by atoms with Crippen LogP contribution in [0.15, 0.2) is 24.8 Å². The SMILES string of the molecule is C=CCOC(=O)Nc1cc(OCCCC(=O)O)c(OC)cc1C(=O)N1CCCCC1CO. The third kappa shape index (κ3) is 6.88. The van der Waals surface area contributed by atoms with Crippen LogP contribution in [0.3, 0.4) is 0 Å². The molecule has 1 aromatic carbocycles. The second-order valence-corrected chi connectivity index (χ2v) is 7.24. The number of hydrogen-bond acceptors (Lipinski definition) is 7. The van der Waals surface area contributed by atoms with Crippen LogP contribution in [0, 0.1) is 0 Å². The minimum absolute atomic E-state index is 0.0114. The summed E-state index contributed by atoms with van der Waals surface area (Å²) in [5, 5.41) is 21.0. The van der Waals surface area contributed by atoms with Gasteiger partial charge in [0.15, 0.2) is 11.5 Å². The zero-order valence-corrected chi connectivity index (χ0v) is 18.2. The van der Waals surface area contributed by atoms with Gasteiger partial charge < -0.3 is 29.3 Å². The molecule has 0 bridgehead atoms. The Balaban J connectivity index is 2.36. The lowest BCUT2D eigenvalue weighted by Crippen LogP contribution is -2.45. The number of aliphatic hydroxyl groups excluding tert-OH is 1. The molecule has 10 heteroatoms. The van der Waals surface area contributed by atoms with Crippen molar-refractivity contribution in [1.29, 1.82) is 0 Å². The highest BCUT2D eigenvalue weighted by Crippen LogP contribution is 2.35. The van der Waals surface area contributed by atoms with E-state index in [1.165, 1.54) is 25.3 Å². The number of benzene rings is 1. The van der Waals surface area contributed by atoms with Gasteiger partial charge in [0.2, 0.25) is 0 Å². The molecule has 2 rings (SSSR count). The van der Waals surface area contributed by atoms with Gasteiger partial charge in [-0.3, -0.25) is 14.9 Å². The molecule has 1 unspecified atom stereocenters. The molecule has 32 heavy (non-hydrogen) atoms. The zero-order valence-electron chi connectivity index (χ0n) is 18.2. The number of carbonyl (C=O) groups is 3. The summed E-state index contributed by atoms with van der Waals surface area (Å²) < 4.78 is 16.0. The number of carbonyl (C=O) groups excluding carboxylic acids is 2. The largest absolute Gasteiger partial charge is 0.493 e. The Hall–Kier alpha value is -3.27. The lowest BCUT2D eigenvalue weighted by atomic mass is 10.0. The summed E-state index contributed by atoms with van der Waals surface area (Å²) in [7, 11) is 1.41. The highest BCUT2D eigenvalue weighted by atomic mass is 16.5. The Morgan fingerprint density at radius 2 is 2.06 bits per heavy atom. The average molecular weight is 450 g/mol. The van der Waals surface area contributed by atoms with Crippen LogP contribution in [0.1, 0.15) is 42.5 Å². The lowest BCUT2D eigenvalue weighted by Gasteiger charge is -2.35. The first-order valence-electron chi connectivity index (χ1n) is 10.4. The van der Waals surface area contributed by atoms with Crippen molar-refractivity contribution in [2.45, 2.75) is 38.1 Å². The fraction of sp³-hybridized carbons (Fsp3) is 0.500. The highest BCUT2D eigenvalue weighted by molar-refractivity contribution is 6.03. The summed E-state index contributed by atoms with van der Waals surface area (Å²) in [6.07, 6.45) is 3.27. The normalized spacial score (nSPS) is 15.6. The van der Waals surface area contributed by atoms with E-state index in [9.17, 15) is 19.5 Å². The van der Waals surface area contributed by atoms with Crippen molar-refractivity contribution in [3.05, 3.63) is 30.4 Å². The summed E-state index contributed by atoms with van der Waals surface area (Å²) in [4.78, 5) is 37.8. The number of likely N-dealkylation sites (tertiary alicyclic amines) is 1. The topological polar surface area (TPSA) is 135 Å². The number of rotatable bonds is 11. The fourth-order valence-corrected chi connectivity index (χ4v) is 3.41. The molecule has 0 aliphatic carbocycles. The number of aliphatic hydroxyl groups is 1. The maximum atomic E-state index is 13.3. The molecule has 0 spiro atoms. The van der Waals surface area contributed by atoms with Crippen LogP contribution in [-0.2, 0) is 9.53 Å². The summed E-state index contributed by atoms with van der Waals surface area (Å²) in [6.45, 7) is 3.91. The first-order valence-corrected chi connectivity index (χ1v) is 10.4. The van der Waals surface area contributed by atoms with Gasteiger partial charge in [-0.05, 0) is 31.7 Å². The Bertz CT molecular complexity index is 826. The smallest absolute Gasteiger partial charge is 0.411 e. The molecule has 1 saturated heterocycles. The number of aliphatic carboxylic acids is 1. The van der Waals surface area contributed by atoms with Gasteiger partial charge in [-0.15, -0.1) is 0 Å². The number of carboxylic acid groups (broad SMARTS) is 1. The number of nitrogens with zero attached hydrogens (tertiary/aromatic N) is 1. The van der Waals surface area contributed by atoms with Gasteiger partial charge in [0, 0.05) is 19.0 Å². The molecule has 3 N–H and O–H groups in total. The first kappa shape index (κ1) is 25.0. The lowest BCUT2D eigenvalue weighted by molar-refractivity contribution is -0.137. The van der Waals surface area contributed by atoms with Crippen LogP contribution in [0.5, 0.6) is 11.5 Å². The molecular formula is C22H30N2O8. The number of hydrogen-bond donors (Lipinski definition) is 3. The zero-order chi connectivity index (χ0) is 23.5. The number of amides is 2. The van der Waals surface area contributed by atoms with Crippen LogP contribution < -0.4 is 14.8 Å². The second kappa shape index (κ2) is 12.6.